The molecule has 25 heavy (non-hydrogen) atoms. The number of hydrogen-bond acceptors (Lipinski definition) is 4. The average molecular weight is 359 g/mol. The maximum Gasteiger partial charge on any atom is 0.248 e. The summed E-state index contributed by atoms with van der Waals surface area (Å²) in [5.41, 5.74) is 7.78. The van der Waals surface area contributed by atoms with E-state index in [0.29, 0.717) is 31.7 Å². The maximum atomic E-state index is 12.8. The zero-order chi connectivity index (χ0) is 18.0. The van der Waals surface area contributed by atoms with E-state index >= 15 is 0 Å². The summed E-state index contributed by atoms with van der Waals surface area (Å²) in [7, 11) is -3.56. The van der Waals surface area contributed by atoms with E-state index in [9.17, 15) is 13.2 Å². The molecule has 0 aliphatic carbocycles. The van der Waals surface area contributed by atoms with Crippen molar-refractivity contribution < 1.29 is 13.2 Å². The minimum absolute atomic E-state index is 0.182. The van der Waals surface area contributed by atoms with Crippen LogP contribution in [0.3, 0.4) is 0 Å². The molecule has 2 aromatic carbocycles. The third-order valence-corrected chi connectivity index (χ3v) is 6.29. The van der Waals surface area contributed by atoms with Gasteiger partial charge in [0.25, 0.3) is 0 Å². The first-order valence-corrected chi connectivity index (χ1v) is 9.53. The average Bonchev–Trinajstić information content (AvgIpc) is 2.62. The van der Waals surface area contributed by atoms with Gasteiger partial charge in [-0.1, -0.05) is 12.1 Å². The fraction of sp³-hybridized carbons (Fsp3) is 0.278. The Bertz CT molecular complexity index is 871. The Labute approximate surface area is 147 Å². The molecule has 1 aliphatic heterocycles. The summed E-state index contributed by atoms with van der Waals surface area (Å²) in [6.07, 6.45) is 0. The number of anilines is 1. The summed E-state index contributed by atoms with van der Waals surface area (Å²) >= 11 is 0. The first-order chi connectivity index (χ1) is 11.9. The molecule has 2 N–H and O–H groups in total. The first kappa shape index (κ1) is 17.4. The van der Waals surface area contributed by atoms with Gasteiger partial charge in [-0.2, -0.15) is 4.31 Å². The third kappa shape index (κ3) is 3.67. The summed E-state index contributed by atoms with van der Waals surface area (Å²) in [6, 6.07) is 13.9. The number of aryl methyl sites for hydroxylation is 1. The predicted molar refractivity (Wildman–Crippen MR) is 97.1 cm³/mol. The molecule has 6 nitrogen and oxygen atoms in total. The van der Waals surface area contributed by atoms with Crippen LogP contribution in [0.2, 0.25) is 0 Å². The van der Waals surface area contributed by atoms with Crippen molar-refractivity contribution in [2.45, 2.75) is 11.8 Å². The van der Waals surface area contributed by atoms with Crippen molar-refractivity contribution >= 4 is 21.6 Å². The predicted octanol–water partition coefficient (Wildman–Crippen LogP) is 1.60. The van der Waals surface area contributed by atoms with Crippen LogP contribution in [-0.4, -0.2) is 44.8 Å². The number of benzene rings is 2. The van der Waals surface area contributed by atoms with E-state index < -0.39 is 15.9 Å². The Hall–Kier alpha value is -2.38. The zero-order valence-electron chi connectivity index (χ0n) is 14.1. The first-order valence-electron chi connectivity index (χ1n) is 8.09. The SMILES string of the molecule is Cc1cccc(N2CCN(S(=O)(=O)c3ccc(C(N)=O)cc3)CC2)c1. The molecule has 0 bridgehead atoms. The van der Waals surface area contributed by atoms with E-state index in [2.05, 4.69) is 11.0 Å². The monoisotopic (exact) mass is 359 g/mol. The molecule has 1 aliphatic rings. The van der Waals surface area contributed by atoms with Gasteiger partial charge in [0.2, 0.25) is 15.9 Å². The fourth-order valence-corrected chi connectivity index (χ4v) is 4.37. The van der Waals surface area contributed by atoms with Gasteiger partial charge in [0.1, 0.15) is 0 Å². The Morgan fingerprint density at radius 1 is 1.00 bits per heavy atom. The minimum atomic E-state index is -3.56. The lowest BCUT2D eigenvalue weighted by Gasteiger charge is -2.35. The quantitative estimate of drug-likeness (QED) is 0.899. The number of rotatable bonds is 4. The molecule has 0 atom stereocenters. The van der Waals surface area contributed by atoms with Gasteiger partial charge >= 0.3 is 0 Å². The van der Waals surface area contributed by atoms with Crippen LogP contribution in [0.15, 0.2) is 53.4 Å². The van der Waals surface area contributed by atoms with Crippen LogP contribution < -0.4 is 10.6 Å². The van der Waals surface area contributed by atoms with Crippen LogP contribution >= 0.6 is 0 Å². The minimum Gasteiger partial charge on any atom is -0.369 e. The van der Waals surface area contributed by atoms with Crippen LogP contribution in [0.5, 0.6) is 0 Å². The molecule has 1 amide bonds. The van der Waals surface area contributed by atoms with E-state index in [4.69, 9.17) is 5.73 Å². The largest absolute Gasteiger partial charge is 0.369 e. The van der Waals surface area contributed by atoms with Gasteiger partial charge in [-0.3, -0.25) is 4.79 Å². The Balaban J connectivity index is 1.72. The summed E-state index contributed by atoms with van der Waals surface area (Å²) in [5, 5.41) is 0. The molecule has 1 saturated heterocycles. The molecule has 1 fully saturated rings. The molecule has 0 aromatic heterocycles. The molecule has 132 valence electrons. The van der Waals surface area contributed by atoms with Crippen LogP contribution in [0.1, 0.15) is 15.9 Å². The van der Waals surface area contributed by atoms with Gasteiger partial charge in [-0.15, -0.1) is 0 Å². The second kappa shape index (κ2) is 6.85. The number of piperazine rings is 1. The third-order valence-electron chi connectivity index (χ3n) is 4.38. The highest BCUT2D eigenvalue weighted by atomic mass is 32.2. The second-order valence-corrected chi connectivity index (χ2v) is 8.06. The Morgan fingerprint density at radius 2 is 1.64 bits per heavy atom. The molecule has 3 rings (SSSR count). The summed E-state index contributed by atoms with van der Waals surface area (Å²) in [6.45, 7) is 4.17. The molecule has 0 spiro atoms. The standard InChI is InChI=1S/C18H21N3O3S/c1-14-3-2-4-16(13-14)20-9-11-21(12-10-20)25(23,24)17-7-5-15(6-8-17)18(19)22/h2-8,13H,9-12H2,1H3,(H2,19,22). The molecule has 1 heterocycles. The van der Waals surface area contributed by atoms with E-state index in [-0.39, 0.29) is 4.90 Å². The molecule has 7 heteroatoms. The molecule has 0 saturated carbocycles. The molecule has 0 radical (unpaired) electrons. The van der Waals surface area contributed by atoms with Gasteiger partial charge in [0, 0.05) is 37.4 Å². The second-order valence-electron chi connectivity index (χ2n) is 6.12. The lowest BCUT2D eigenvalue weighted by atomic mass is 10.2. The van der Waals surface area contributed by atoms with Crippen LogP contribution in [0.4, 0.5) is 5.69 Å². The summed E-state index contributed by atoms with van der Waals surface area (Å²) in [4.78, 5) is 13.5. The van der Waals surface area contributed by atoms with Crippen molar-refractivity contribution in [2.24, 2.45) is 5.73 Å². The molecular weight excluding hydrogens is 338 g/mol. The van der Waals surface area contributed by atoms with Gasteiger partial charge in [-0.25, -0.2) is 8.42 Å². The Morgan fingerprint density at radius 3 is 2.20 bits per heavy atom. The normalized spacial score (nSPS) is 16.0. The van der Waals surface area contributed by atoms with E-state index in [1.807, 2.05) is 25.1 Å². The van der Waals surface area contributed by atoms with Crippen LogP contribution in [0, 0.1) is 6.92 Å². The highest BCUT2D eigenvalue weighted by Gasteiger charge is 2.28. The van der Waals surface area contributed by atoms with Crippen molar-refractivity contribution in [1.82, 2.24) is 4.31 Å². The molecular formula is C18H21N3O3S. The number of carbonyl (C=O) groups is 1. The number of nitrogens with zero attached hydrogens (tertiary/aromatic N) is 2. The molecule has 2 aromatic rings. The van der Waals surface area contributed by atoms with Gasteiger partial charge in [0.05, 0.1) is 4.90 Å². The Kier molecular flexibility index (Phi) is 4.78. The van der Waals surface area contributed by atoms with Gasteiger partial charge in [-0.05, 0) is 48.9 Å². The van der Waals surface area contributed by atoms with Gasteiger partial charge in [0.15, 0.2) is 0 Å². The van der Waals surface area contributed by atoms with E-state index in [1.54, 1.807) is 0 Å². The lowest BCUT2D eigenvalue weighted by Crippen LogP contribution is -2.48. The number of amides is 1. The van der Waals surface area contributed by atoms with E-state index in [0.717, 1.165) is 5.69 Å². The zero-order valence-corrected chi connectivity index (χ0v) is 14.9. The van der Waals surface area contributed by atoms with Crippen molar-refractivity contribution in [3.63, 3.8) is 0 Å². The number of carbonyl (C=O) groups excluding carboxylic acids is 1. The fourth-order valence-electron chi connectivity index (χ4n) is 2.95. The van der Waals surface area contributed by atoms with Crippen molar-refractivity contribution in [2.75, 3.05) is 31.1 Å². The number of primary amides is 1. The number of sulfonamides is 1. The van der Waals surface area contributed by atoms with Gasteiger partial charge < -0.3 is 10.6 Å². The molecule has 0 unspecified atom stereocenters. The van der Waals surface area contributed by atoms with Crippen molar-refractivity contribution in [1.29, 1.82) is 0 Å². The topological polar surface area (TPSA) is 83.7 Å². The maximum absolute atomic E-state index is 12.8. The smallest absolute Gasteiger partial charge is 0.248 e. The highest BCUT2D eigenvalue weighted by Crippen LogP contribution is 2.22. The van der Waals surface area contributed by atoms with E-state index in [1.165, 1.54) is 34.1 Å². The van der Waals surface area contributed by atoms with Crippen molar-refractivity contribution in [3.05, 3.63) is 59.7 Å². The summed E-state index contributed by atoms with van der Waals surface area (Å²) in [5.74, 6) is -0.573. The highest BCUT2D eigenvalue weighted by molar-refractivity contribution is 7.89. The lowest BCUT2D eigenvalue weighted by molar-refractivity contribution is 0.1000. The van der Waals surface area contributed by atoms with Crippen LogP contribution in [-0.2, 0) is 10.0 Å². The summed E-state index contributed by atoms with van der Waals surface area (Å²) < 4.78 is 27.0. The van der Waals surface area contributed by atoms with Crippen LogP contribution in [0.25, 0.3) is 0 Å². The number of nitrogens with two attached hydrogens (primary N) is 1. The number of hydrogen-bond donors (Lipinski definition) is 1. The van der Waals surface area contributed by atoms with Crippen molar-refractivity contribution in [3.8, 4) is 0 Å².